The van der Waals surface area contributed by atoms with Gasteiger partial charge < -0.3 is 4.90 Å². The zero-order chi connectivity index (χ0) is 15.7. The summed E-state index contributed by atoms with van der Waals surface area (Å²) in [6, 6.07) is 3.40. The Morgan fingerprint density at radius 1 is 1.41 bits per heavy atom. The van der Waals surface area contributed by atoms with Gasteiger partial charge in [0.1, 0.15) is 6.54 Å². The van der Waals surface area contributed by atoms with E-state index in [4.69, 9.17) is 0 Å². The van der Waals surface area contributed by atoms with E-state index in [1.807, 2.05) is 4.90 Å². The Bertz CT molecular complexity index is 805. The van der Waals surface area contributed by atoms with E-state index < -0.39 is 11.2 Å². The first kappa shape index (κ1) is 14.8. The number of aromatic nitrogens is 2. The standard InChI is InChI=1S/C15H17N3O3S/c1-2-11-10-5-8-22-12(10)3-7-18(11)14(20)9-17-6-4-13(19)16-15(17)21/h4-6,8,11H,2-3,7,9H2,1H3,(H,16,19,21). The minimum absolute atomic E-state index is 0.0500. The van der Waals surface area contributed by atoms with Gasteiger partial charge in [0.2, 0.25) is 5.91 Å². The van der Waals surface area contributed by atoms with Gasteiger partial charge in [-0.2, -0.15) is 0 Å². The summed E-state index contributed by atoms with van der Waals surface area (Å²) >= 11 is 1.73. The second kappa shape index (κ2) is 5.92. The average molecular weight is 319 g/mol. The van der Waals surface area contributed by atoms with Crippen molar-refractivity contribution in [2.75, 3.05) is 6.54 Å². The van der Waals surface area contributed by atoms with Gasteiger partial charge in [-0.05, 0) is 29.9 Å². The number of carbonyl (C=O) groups is 1. The number of hydrogen-bond donors (Lipinski definition) is 1. The third-order valence-electron chi connectivity index (χ3n) is 4.00. The zero-order valence-electron chi connectivity index (χ0n) is 12.2. The van der Waals surface area contributed by atoms with Crippen molar-refractivity contribution in [1.29, 1.82) is 0 Å². The molecule has 0 saturated carbocycles. The van der Waals surface area contributed by atoms with Crippen LogP contribution in [0.5, 0.6) is 0 Å². The fourth-order valence-electron chi connectivity index (χ4n) is 2.94. The highest BCUT2D eigenvalue weighted by Gasteiger charge is 2.30. The first-order valence-corrected chi connectivity index (χ1v) is 8.13. The minimum atomic E-state index is -0.554. The molecule has 2 aromatic rings. The third-order valence-corrected chi connectivity index (χ3v) is 5.00. The number of carbonyl (C=O) groups excluding carboxylic acids is 1. The number of thiophene rings is 1. The molecule has 1 amide bonds. The van der Waals surface area contributed by atoms with Gasteiger partial charge in [0.05, 0.1) is 6.04 Å². The summed E-state index contributed by atoms with van der Waals surface area (Å²) in [7, 11) is 0. The fraction of sp³-hybridized carbons (Fsp3) is 0.400. The van der Waals surface area contributed by atoms with Crippen molar-refractivity contribution in [3.63, 3.8) is 0 Å². The number of nitrogens with one attached hydrogen (secondary N) is 1. The molecule has 0 radical (unpaired) electrons. The summed E-state index contributed by atoms with van der Waals surface area (Å²) in [5.41, 5.74) is 0.212. The molecule has 2 aromatic heterocycles. The van der Waals surface area contributed by atoms with Gasteiger partial charge in [-0.25, -0.2) is 4.79 Å². The Morgan fingerprint density at radius 2 is 2.23 bits per heavy atom. The van der Waals surface area contributed by atoms with Crippen LogP contribution in [0.3, 0.4) is 0 Å². The highest BCUT2D eigenvalue weighted by molar-refractivity contribution is 7.10. The predicted molar refractivity (Wildman–Crippen MR) is 84.1 cm³/mol. The van der Waals surface area contributed by atoms with E-state index in [2.05, 4.69) is 23.4 Å². The molecule has 0 aromatic carbocycles. The fourth-order valence-corrected chi connectivity index (χ4v) is 3.87. The van der Waals surface area contributed by atoms with Gasteiger partial charge in [-0.3, -0.25) is 19.1 Å². The van der Waals surface area contributed by atoms with E-state index in [0.29, 0.717) is 6.54 Å². The molecule has 22 heavy (non-hydrogen) atoms. The van der Waals surface area contributed by atoms with Crippen LogP contribution in [-0.4, -0.2) is 26.9 Å². The van der Waals surface area contributed by atoms with Gasteiger partial charge in [0.25, 0.3) is 5.56 Å². The number of nitrogens with zero attached hydrogens (tertiary/aromatic N) is 2. The Balaban J connectivity index is 1.83. The number of H-pyrrole nitrogens is 1. The van der Waals surface area contributed by atoms with Gasteiger partial charge in [0.15, 0.2) is 0 Å². The lowest BCUT2D eigenvalue weighted by atomic mass is 9.98. The van der Waals surface area contributed by atoms with E-state index >= 15 is 0 Å². The average Bonchev–Trinajstić information content (AvgIpc) is 2.97. The molecule has 7 heteroatoms. The molecular weight excluding hydrogens is 302 g/mol. The molecule has 1 unspecified atom stereocenters. The molecule has 0 fully saturated rings. The van der Waals surface area contributed by atoms with E-state index in [0.717, 1.165) is 12.8 Å². The molecule has 1 aliphatic rings. The quantitative estimate of drug-likeness (QED) is 0.921. The van der Waals surface area contributed by atoms with Crippen molar-refractivity contribution < 1.29 is 4.79 Å². The number of aromatic amines is 1. The maximum absolute atomic E-state index is 12.6. The van der Waals surface area contributed by atoms with Crippen molar-refractivity contribution in [3.05, 3.63) is 55.0 Å². The van der Waals surface area contributed by atoms with Crippen molar-refractivity contribution in [2.24, 2.45) is 0 Å². The molecule has 6 nitrogen and oxygen atoms in total. The van der Waals surface area contributed by atoms with E-state index in [1.54, 1.807) is 11.3 Å². The number of rotatable bonds is 3. The first-order chi connectivity index (χ1) is 10.6. The third kappa shape index (κ3) is 2.64. The van der Waals surface area contributed by atoms with E-state index in [1.165, 1.54) is 27.3 Å². The lowest BCUT2D eigenvalue weighted by molar-refractivity contribution is -0.135. The van der Waals surface area contributed by atoms with Crippen LogP contribution in [0.4, 0.5) is 0 Å². The normalized spacial score (nSPS) is 17.3. The van der Waals surface area contributed by atoms with Crippen molar-refractivity contribution in [3.8, 4) is 0 Å². The van der Waals surface area contributed by atoms with Crippen LogP contribution in [0, 0.1) is 0 Å². The largest absolute Gasteiger partial charge is 0.334 e. The molecule has 1 aliphatic heterocycles. The maximum Gasteiger partial charge on any atom is 0.328 e. The predicted octanol–water partition coefficient (Wildman–Crippen LogP) is 1.13. The maximum atomic E-state index is 12.6. The van der Waals surface area contributed by atoms with E-state index in [-0.39, 0.29) is 18.5 Å². The summed E-state index contributed by atoms with van der Waals surface area (Å²) in [4.78, 5) is 40.7. The number of amides is 1. The monoisotopic (exact) mass is 319 g/mol. The SMILES string of the molecule is CCC1c2ccsc2CCN1C(=O)Cn1ccc(=O)[nH]c1=O. The molecular formula is C15H17N3O3S. The highest BCUT2D eigenvalue weighted by atomic mass is 32.1. The van der Waals surface area contributed by atoms with Gasteiger partial charge in [0, 0.05) is 23.7 Å². The lowest BCUT2D eigenvalue weighted by Gasteiger charge is -2.35. The van der Waals surface area contributed by atoms with Crippen LogP contribution in [-0.2, 0) is 17.8 Å². The summed E-state index contributed by atoms with van der Waals surface area (Å²) in [6.45, 7) is 2.68. The Hall–Kier alpha value is -2.15. The molecule has 1 atom stereocenters. The molecule has 1 N–H and O–H groups in total. The smallest absolute Gasteiger partial charge is 0.328 e. The minimum Gasteiger partial charge on any atom is -0.334 e. The van der Waals surface area contributed by atoms with Gasteiger partial charge in [-0.1, -0.05) is 6.92 Å². The Morgan fingerprint density at radius 3 is 2.95 bits per heavy atom. The Kier molecular flexibility index (Phi) is 3.98. The molecule has 116 valence electrons. The molecule has 3 rings (SSSR count). The summed E-state index contributed by atoms with van der Waals surface area (Å²) in [6.07, 6.45) is 3.06. The van der Waals surface area contributed by atoms with Crippen molar-refractivity contribution in [2.45, 2.75) is 32.4 Å². The molecule has 0 aliphatic carbocycles. The Labute approximate surface area is 131 Å². The van der Waals surface area contributed by atoms with Gasteiger partial charge in [-0.15, -0.1) is 11.3 Å². The zero-order valence-corrected chi connectivity index (χ0v) is 13.1. The van der Waals surface area contributed by atoms with Crippen molar-refractivity contribution >= 4 is 17.2 Å². The first-order valence-electron chi connectivity index (χ1n) is 7.25. The molecule has 0 bridgehead atoms. The van der Waals surface area contributed by atoms with Crippen LogP contribution in [0.25, 0.3) is 0 Å². The second-order valence-electron chi connectivity index (χ2n) is 5.30. The van der Waals surface area contributed by atoms with Crippen molar-refractivity contribution in [1.82, 2.24) is 14.5 Å². The highest BCUT2D eigenvalue weighted by Crippen LogP contribution is 2.35. The summed E-state index contributed by atoms with van der Waals surface area (Å²) < 4.78 is 1.24. The van der Waals surface area contributed by atoms with Crippen LogP contribution in [0.2, 0.25) is 0 Å². The lowest BCUT2D eigenvalue weighted by Crippen LogP contribution is -2.43. The summed E-state index contributed by atoms with van der Waals surface area (Å²) in [5.74, 6) is -0.0992. The topological polar surface area (TPSA) is 75.2 Å². The van der Waals surface area contributed by atoms with Crippen LogP contribution >= 0.6 is 11.3 Å². The molecule has 3 heterocycles. The van der Waals surface area contributed by atoms with Crippen LogP contribution < -0.4 is 11.2 Å². The molecule has 0 saturated heterocycles. The van der Waals surface area contributed by atoms with E-state index in [9.17, 15) is 14.4 Å². The van der Waals surface area contributed by atoms with Gasteiger partial charge >= 0.3 is 5.69 Å². The second-order valence-corrected chi connectivity index (χ2v) is 6.30. The molecule has 0 spiro atoms. The van der Waals surface area contributed by atoms with Crippen LogP contribution in [0.15, 0.2) is 33.3 Å². The van der Waals surface area contributed by atoms with Crippen LogP contribution in [0.1, 0.15) is 29.8 Å². The number of fused-ring (bicyclic) bond motifs is 1. The number of hydrogen-bond acceptors (Lipinski definition) is 4. The summed E-state index contributed by atoms with van der Waals surface area (Å²) in [5, 5.41) is 2.06.